The number of carbonyl (C=O) groups is 2. The fourth-order valence-corrected chi connectivity index (χ4v) is 4.09. The summed E-state index contributed by atoms with van der Waals surface area (Å²) in [6, 6.07) is 22.8. The summed E-state index contributed by atoms with van der Waals surface area (Å²) in [5.41, 5.74) is 2.72. The molecule has 3 aromatic carbocycles. The van der Waals surface area contributed by atoms with Gasteiger partial charge < -0.3 is 14.7 Å². The first kappa shape index (κ1) is 23.1. The maximum atomic E-state index is 13.4. The molecule has 6 heteroatoms. The van der Waals surface area contributed by atoms with Crippen molar-refractivity contribution in [3.05, 3.63) is 95.6 Å². The summed E-state index contributed by atoms with van der Waals surface area (Å²) in [4.78, 5) is 30.1. The van der Waals surface area contributed by atoms with Gasteiger partial charge in [0.15, 0.2) is 0 Å². The van der Waals surface area contributed by atoms with E-state index in [2.05, 4.69) is 0 Å². The molecule has 34 heavy (non-hydrogen) atoms. The third kappa shape index (κ3) is 4.27. The first-order valence-corrected chi connectivity index (χ1v) is 11.3. The zero-order valence-corrected chi connectivity index (χ0v) is 19.6. The quantitative estimate of drug-likeness (QED) is 0.302. The number of anilines is 2. The normalized spacial score (nSPS) is 17.1. The van der Waals surface area contributed by atoms with E-state index in [-0.39, 0.29) is 11.3 Å². The van der Waals surface area contributed by atoms with Crippen LogP contribution in [-0.4, -0.2) is 37.5 Å². The monoisotopic (exact) mass is 456 g/mol. The summed E-state index contributed by atoms with van der Waals surface area (Å²) in [5, 5.41) is 11.2. The summed E-state index contributed by atoms with van der Waals surface area (Å²) in [5.74, 6) is -1.11. The number of ketones is 1. The fourth-order valence-electron chi connectivity index (χ4n) is 4.09. The third-order valence-corrected chi connectivity index (χ3v) is 5.80. The number of ether oxygens (including phenoxy) is 1. The van der Waals surface area contributed by atoms with Gasteiger partial charge in [-0.25, -0.2) is 0 Å². The van der Waals surface area contributed by atoms with Crippen molar-refractivity contribution in [1.82, 2.24) is 0 Å². The zero-order chi connectivity index (χ0) is 24.2. The van der Waals surface area contributed by atoms with Gasteiger partial charge in [0.2, 0.25) is 0 Å². The van der Waals surface area contributed by atoms with Gasteiger partial charge in [0.25, 0.3) is 11.7 Å². The molecule has 1 amide bonds. The Hall–Kier alpha value is -4.06. The molecule has 6 nitrogen and oxygen atoms in total. The number of Topliss-reactive ketones (excluding diaryl/α,β-unsaturated/α-hetero) is 1. The lowest BCUT2D eigenvalue weighted by Gasteiger charge is -2.27. The topological polar surface area (TPSA) is 70.1 Å². The highest BCUT2D eigenvalue weighted by Gasteiger charge is 2.47. The van der Waals surface area contributed by atoms with E-state index in [0.29, 0.717) is 29.2 Å². The Morgan fingerprint density at radius 3 is 2.24 bits per heavy atom. The van der Waals surface area contributed by atoms with Gasteiger partial charge in [0.1, 0.15) is 11.5 Å². The van der Waals surface area contributed by atoms with E-state index < -0.39 is 17.7 Å². The van der Waals surface area contributed by atoms with E-state index >= 15 is 0 Å². The number of aliphatic hydroxyl groups is 1. The van der Waals surface area contributed by atoms with Crippen molar-refractivity contribution in [2.75, 3.05) is 30.5 Å². The van der Waals surface area contributed by atoms with Crippen LogP contribution in [0.3, 0.4) is 0 Å². The number of para-hydroxylation sites is 2. The average Bonchev–Trinajstić information content (AvgIpc) is 3.13. The lowest BCUT2D eigenvalue weighted by Crippen LogP contribution is -2.30. The molecular weight excluding hydrogens is 428 g/mol. The number of amides is 1. The summed E-state index contributed by atoms with van der Waals surface area (Å²) in [6.07, 6.45) is 0.802. The molecule has 0 aromatic heterocycles. The van der Waals surface area contributed by atoms with E-state index in [1.54, 1.807) is 42.5 Å². The molecule has 0 radical (unpaired) electrons. The van der Waals surface area contributed by atoms with Crippen LogP contribution in [0.25, 0.3) is 5.76 Å². The zero-order valence-electron chi connectivity index (χ0n) is 19.6. The van der Waals surface area contributed by atoms with Crippen molar-refractivity contribution in [3.8, 4) is 5.75 Å². The Kier molecular flexibility index (Phi) is 6.68. The smallest absolute Gasteiger partial charge is 0.300 e. The van der Waals surface area contributed by atoms with Crippen LogP contribution in [0.2, 0.25) is 0 Å². The second kappa shape index (κ2) is 9.83. The van der Waals surface area contributed by atoms with E-state index in [4.69, 9.17) is 4.74 Å². The first-order chi connectivity index (χ1) is 16.4. The molecular formula is C28H28N2O4. The second-order valence-electron chi connectivity index (χ2n) is 8.34. The maximum Gasteiger partial charge on any atom is 0.300 e. The predicted molar refractivity (Wildman–Crippen MR) is 134 cm³/mol. The number of rotatable bonds is 7. The van der Waals surface area contributed by atoms with Gasteiger partial charge in [0.05, 0.1) is 23.9 Å². The number of hydrogen-bond donors (Lipinski definition) is 1. The molecule has 1 aliphatic rings. The third-order valence-electron chi connectivity index (χ3n) is 5.80. The molecule has 1 heterocycles. The highest BCUT2D eigenvalue weighted by Crippen LogP contribution is 2.45. The molecule has 4 rings (SSSR count). The molecule has 1 atom stereocenters. The Labute approximate surface area is 199 Å². The molecule has 0 saturated carbocycles. The van der Waals surface area contributed by atoms with Gasteiger partial charge in [-0.3, -0.25) is 14.5 Å². The Bertz CT molecular complexity index is 1220. The Morgan fingerprint density at radius 2 is 1.59 bits per heavy atom. The van der Waals surface area contributed by atoms with E-state index in [0.717, 1.165) is 12.1 Å². The van der Waals surface area contributed by atoms with Crippen LogP contribution in [-0.2, 0) is 9.59 Å². The largest absolute Gasteiger partial charge is 0.507 e. The van der Waals surface area contributed by atoms with Crippen LogP contribution in [0.1, 0.15) is 30.5 Å². The van der Waals surface area contributed by atoms with Crippen molar-refractivity contribution in [1.29, 1.82) is 0 Å². The summed E-state index contributed by atoms with van der Waals surface area (Å²) in [7, 11) is 3.88. The summed E-state index contributed by atoms with van der Waals surface area (Å²) < 4.78 is 5.91. The highest BCUT2D eigenvalue weighted by atomic mass is 16.5. The van der Waals surface area contributed by atoms with E-state index in [1.165, 1.54) is 4.90 Å². The molecule has 1 saturated heterocycles. The van der Waals surface area contributed by atoms with Crippen molar-refractivity contribution in [2.45, 2.75) is 19.4 Å². The molecule has 1 fully saturated rings. The van der Waals surface area contributed by atoms with Crippen LogP contribution in [0.5, 0.6) is 5.75 Å². The number of carbonyl (C=O) groups excluding carboxylic acids is 2. The van der Waals surface area contributed by atoms with Crippen LogP contribution in [0, 0.1) is 0 Å². The first-order valence-electron chi connectivity index (χ1n) is 11.3. The second-order valence-corrected chi connectivity index (χ2v) is 8.34. The highest BCUT2D eigenvalue weighted by molar-refractivity contribution is 6.51. The van der Waals surface area contributed by atoms with E-state index in [1.807, 2.05) is 62.3 Å². The maximum absolute atomic E-state index is 13.4. The lowest BCUT2D eigenvalue weighted by molar-refractivity contribution is -0.132. The van der Waals surface area contributed by atoms with Gasteiger partial charge in [-0.2, -0.15) is 0 Å². The van der Waals surface area contributed by atoms with Gasteiger partial charge in [0, 0.05) is 25.3 Å². The molecule has 174 valence electrons. The van der Waals surface area contributed by atoms with Gasteiger partial charge >= 0.3 is 0 Å². The molecule has 3 aromatic rings. The molecule has 0 spiro atoms. The Morgan fingerprint density at radius 1 is 0.941 bits per heavy atom. The number of nitrogens with zero attached hydrogens (tertiary/aromatic N) is 2. The summed E-state index contributed by atoms with van der Waals surface area (Å²) >= 11 is 0. The van der Waals surface area contributed by atoms with Crippen LogP contribution < -0.4 is 14.5 Å². The van der Waals surface area contributed by atoms with Crippen LogP contribution in [0.15, 0.2) is 84.4 Å². The summed E-state index contributed by atoms with van der Waals surface area (Å²) in [6.45, 7) is 2.48. The van der Waals surface area contributed by atoms with Gasteiger partial charge in [-0.1, -0.05) is 61.5 Å². The van der Waals surface area contributed by atoms with Crippen molar-refractivity contribution in [3.63, 3.8) is 0 Å². The minimum absolute atomic E-state index is 0.0547. The van der Waals surface area contributed by atoms with Crippen LogP contribution in [0.4, 0.5) is 11.4 Å². The molecule has 1 unspecified atom stereocenters. The standard InChI is InChI=1S/C28H28N2O4/c1-4-18-34-23-13-9-8-12-22(23)30-25(19-14-16-21(17-15-19)29(2)3)24(27(32)28(30)33)26(31)20-10-6-5-7-11-20/h5-17,25,31H,4,18H2,1-3H3/b26-24-. The Balaban J connectivity index is 1.92. The average molecular weight is 457 g/mol. The fraction of sp³-hybridized carbons (Fsp3) is 0.214. The number of aliphatic hydroxyl groups excluding tert-OH is 1. The molecule has 1 aliphatic heterocycles. The number of hydrogen-bond acceptors (Lipinski definition) is 5. The van der Waals surface area contributed by atoms with E-state index in [9.17, 15) is 14.7 Å². The van der Waals surface area contributed by atoms with Gasteiger partial charge in [-0.15, -0.1) is 0 Å². The predicted octanol–water partition coefficient (Wildman–Crippen LogP) is 5.17. The van der Waals surface area contributed by atoms with Crippen molar-refractivity contribution in [2.24, 2.45) is 0 Å². The minimum Gasteiger partial charge on any atom is -0.507 e. The molecule has 1 N–H and O–H groups in total. The lowest BCUT2D eigenvalue weighted by atomic mass is 9.95. The number of benzene rings is 3. The van der Waals surface area contributed by atoms with Crippen molar-refractivity contribution < 1.29 is 19.4 Å². The minimum atomic E-state index is -0.803. The van der Waals surface area contributed by atoms with Crippen molar-refractivity contribution >= 4 is 28.8 Å². The van der Waals surface area contributed by atoms with Gasteiger partial charge in [-0.05, 0) is 36.2 Å². The molecule has 0 bridgehead atoms. The molecule has 0 aliphatic carbocycles. The SMILES string of the molecule is CCCOc1ccccc1N1C(=O)C(=O)/C(=C(\O)c2ccccc2)C1c1ccc(N(C)C)cc1. The van der Waals surface area contributed by atoms with Crippen LogP contribution >= 0.6 is 0 Å².